The lowest BCUT2D eigenvalue weighted by Crippen LogP contribution is -2.36. The maximum atomic E-state index is 13.1. The summed E-state index contributed by atoms with van der Waals surface area (Å²) in [6.45, 7) is -0.332. The number of nitrogens with zero attached hydrogens (tertiary/aromatic N) is 1. The second kappa shape index (κ2) is 9.37. The fraction of sp³-hybridized carbons (Fsp3) is 0.0741. The summed E-state index contributed by atoms with van der Waals surface area (Å²) in [5.74, 6) is -0.877. The average molecular weight is 485 g/mol. The quantitative estimate of drug-likeness (QED) is 0.202. The molecule has 5 nitrogen and oxygen atoms in total. The topological polar surface area (TPSA) is 66.5 Å². The van der Waals surface area contributed by atoms with Crippen molar-refractivity contribution in [2.45, 2.75) is 4.90 Å². The number of carbonyl (C=O) groups is 3. The Kier molecular flexibility index (Phi) is 6.13. The molecule has 0 spiro atoms. The second-order valence-corrected chi connectivity index (χ2v) is 9.65. The summed E-state index contributed by atoms with van der Waals surface area (Å²) in [5, 5.41) is 6.43. The SMILES string of the molecule is CSc1cccc(NC(=O)CN2C(=O)S/C(=C/c3c4ccccc4cc4ccccc34)C2=O)c1. The molecule has 0 unspecified atom stereocenters. The van der Waals surface area contributed by atoms with Crippen LogP contribution < -0.4 is 5.32 Å². The molecule has 7 heteroatoms. The standard InChI is InChI=1S/C27H20N2O3S2/c1-33-20-10-6-9-19(14-20)28-25(30)16-29-26(31)24(34-27(29)32)15-23-21-11-4-2-7-17(21)13-18-8-3-5-12-22(18)23/h2-15H,16H2,1H3,(H,28,30)/b24-15+. The molecule has 4 aromatic rings. The normalized spacial score (nSPS) is 15.0. The van der Waals surface area contributed by atoms with E-state index in [1.54, 1.807) is 23.9 Å². The molecule has 5 rings (SSSR count). The lowest BCUT2D eigenvalue weighted by molar-refractivity contribution is -0.127. The molecule has 34 heavy (non-hydrogen) atoms. The van der Waals surface area contributed by atoms with E-state index in [9.17, 15) is 14.4 Å². The van der Waals surface area contributed by atoms with Gasteiger partial charge in [-0.05, 0) is 75.5 Å². The first kappa shape index (κ1) is 22.3. The van der Waals surface area contributed by atoms with Crippen LogP contribution >= 0.6 is 23.5 Å². The summed E-state index contributed by atoms with van der Waals surface area (Å²) in [5.41, 5.74) is 1.51. The zero-order valence-electron chi connectivity index (χ0n) is 18.3. The number of nitrogens with one attached hydrogen (secondary N) is 1. The van der Waals surface area contributed by atoms with Gasteiger partial charge in [0.25, 0.3) is 11.1 Å². The first-order valence-electron chi connectivity index (χ1n) is 10.6. The van der Waals surface area contributed by atoms with Crippen LogP contribution in [0.25, 0.3) is 27.6 Å². The van der Waals surface area contributed by atoms with Crippen molar-refractivity contribution in [3.05, 3.63) is 89.3 Å². The highest BCUT2D eigenvalue weighted by Crippen LogP contribution is 2.36. The van der Waals surface area contributed by atoms with Crippen LogP contribution in [0.1, 0.15) is 5.56 Å². The maximum Gasteiger partial charge on any atom is 0.294 e. The number of hydrogen-bond donors (Lipinski definition) is 1. The Hall–Kier alpha value is -3.55. The highest BCUT2D eigenvalue weighted by atomic mass is 32.2. The van der Waals surface area contributed by atoms with Gasteiger partial charge in [0.1, 0.15) is 6.54 Å². The van der Waals surface area contributed by atoms with Gasteiger partial charge in [-0.25, -0.2) is 0 Å². The Morgan fingerprint density at radius 3 is 2.29 bits per heavy atom. The number of imide groups is 1. The van der Waals surface area contributed by atoms with Crippen molar-refractivity contribution in [3.63, 3.8) is 0 Å². The van der Waals surface area contributed by atoms with Crippen molar-refractivity contribution >= 4 is 73.9 Å². The largest absolute Gasteiger partial charge is 0.324 e. The molecule has 1 heterocycles. The molecule has 1 saturated heterocycles. The molecule has 1 fully saturated rings. The van der Waals surface area contributed by atoms with E-state index in [4.69, 9.17) is 0 Å². The minimum atomic E-state index is -0.458. The Bertz CT molecular complexity index is 1440. The molecule has 1 aliphatic rings. The van der Waals surface area contributed by atoms with Gasteiger partial charge in [-0.3, -0.25) is 19.3 Å². The third-order valence-corrected chi connectivity index (χ3v) is 7.25. The number of carbonyl (C=O) groups excluding carboxylic acids is 3. The third kappa shape index (κ3) is 4.32. The van der Waals surface area contributed by atoms with Crippen LogP contribution in [-0.2, 0) is 9.59 Å². The molecule has 1 N–H and O–H groups in total. The molecule has 0 bridgehead atoms. The molecule has 0 atom stereocenters. The van der Waals surface area contributed by atoms with Crippen LogP contribution in [0.5, 0.6) is 0 Å². The van der Waals surface area contributed by atoms with E-state index in [2.05, 4.69) is 11.4 Å². The Morgan fingerprint density at radius 2 is 1.62 bits per heavy atom. The molecular weight excluding hydrogens is 464 g/mol. The third-order valence-electron chi connectivity index (χ3n) is 5.62. The van der Waals surface area contributed by atoms with Crippen molar-refractivity contribution in [1.29, 1.82) is 0 Å². The van der Waals surface area contributed by atoms with Crippen LogP contribution in [0.2, 0.25) is 0 Å². The van der Waals surface area contributed by atoms with E-state index in [0.29, 0.717) is 10.6 Å². The van der Waals surface area contributed by atoms with Crippen molar-refractivity contribution in [3.8, 4) is 0 Å². The van der Waals surface area contributed by atoms with Crippen molar-refractivity contribution in [2.75, 3.05) is 18.1 Å². The van der Waals surface area contributed by atoms with Crippen LogP contribution in [-0.4, -0.2) is 34.8 Å². The van der Waals surface area contributed by atoms with Gasteiger partial charge in [0.05, 0.1) is 4.91 Å². The maximum absolute atomic E-state index is 13.1. The number of fused-ring (bicyclic) bond motifs is 2. The van der Waals surface area contributed by atoms with E-state index in [-0.39, 0.29) is 6.54 Å². The summed E-state index contributed by atoms with van der Waals surface area (Å²) in [6, 6.07) is 25.5. The van der Waals surface area contributed by atoms with E-state index in [1.807, 2.05) is 73.0 Å². The monoisotopic (exact) mass is 484 g/mol. The first-order chi connectivity index (χ1) is 16.5. The first-order valence-corrected chi connectivity index (χ1v) is 12.7. The highest BCUT2D eigenvalue weighted by molar-refractivity contribution is 8.18. The van der Waals surface area contributed by atoms with Crippen LogP contribution in [0.3, 0.4) is 0 Å². The van der Waals surface area contributed by atoms with Crippen LogP contribution in [0.15, 0.2) is 88.7 Å². The molecule has 4 aromatic carbocycles. The van der Waals surface area contributed by atoms with Crippen molar-refractivity contribution < 1.29 is 14.4 Å². The molecule has 0 aliphatic carbocycles. The minimum absolute atomic E-state index is 0.309. The predicted molar refractivity (Wildman–Crippen MR) is 141 cm³/mol. The lowest BCUT2D eigenvalue weighted by atomic mass is 9.96. The van der Waals surface area contributed by atoms with Crippen LogP contribution in [0.4, 0.5) is 10.5 Å². The zero-order valence-corrected chi connectivity index (χ0v) is 19.9. The molecule has 168 valence electrons. The fourth-order valence-electron chi connectivity index (χ4n) is 4.02. The van der Waals surface area contributed by atoms with Gasteiger partial charge >= 0.3 is 0 Å². The van der Waals surface area contributed by atoms with E-state index in [1.165, 1.54) is 0 Å². The number of thioether (sulfide) groups is 2. The van der Waals surface area contributed by atoms with Crippen molar-refractivity contribution in [1.82, 2.24) is 4.90 Å². The van der Waals surface area contributed by atoms with E-state index >= 15 is 0 Å². The molecular formula is C27H20N2O3S2. The second-order valence-electron chi connectivity index (χ2n) is 7.78. The van der Waals surface area contributed by atoms with Gasteiger partial charge in [0.15, 0.2) is 0 Å². The summed E-state index contributed by atoms with van der Waals surface area (Å²) >= 11 is 2.43. The lowest BCUT2D eigenvalue weighted by Gasteiger charge is -2.13. The number of anilines is 1. The molecule has 0 radical (unpaired) electrons. The molecule has 0 aromatic heterocycles. The van der Waals surface area contributed by atoms with Gasteiger partial charge < -0.3 is 5.32 Å². The van der Waals surface area contributed by atoms with Crippen LogP contribution in [0, 0.1) is 0 Å². The summed E-state index contributed by atoms with van der Waals surface area (Å²) in [7, 11) is 0. The summed E-state index contributed by atoms with van der Waals surface area (Å²) in [6.07, 6.45) is 3.72. The van der Waals surface area contributed by atoms with Crippen molar-refractivity contribution in [2.24, 2.45) is 0 Å². The molecule has 3 amide bonds. The van der Waals surface area contributed by atoms with E-state index in [0.717, 1.165) is 48.7 Å². The highest BCUT2D eigenvalue weighted by Gasteiger charge is 2.36. The number of benzene rings is 4. The fourth-order valence-corrected chi connectivity index (χ4v) is 5.30. The predicted octanol–water partition coefficient (Wildman–Crippen LogP) is 6.39. The van der Waals surface area contributed by atoms with Gasteiger partial charge in [-0.1, -0.05) is 54.6 Å². The Morgan fingerprint density at radius 1 is 0.941 bits per heavy atom. The Balaban J connectivity index is 1.44. The molecule has 0 saturated carbocycles. The minimum Gasteiger partial charge on any atom is -0.324 e. The zero-order chi connectivity index (χ0) is 23.7. The van der Waals surface area contributed by atoms with Gasteiger partial charge in [0, 0.05) is 10.6 Å². The van der Waals surface area contributed by atoms with Gasteiger partial charge in [-0.15, -0.1) is 11.8 Å². The van der Waals surface area contributed by atoms with Gasteiger partial charge in [-0.2, -0.15) is 0 Å². The number of rotatable bonds is 5. The number of amides is 3. The van der Waals surface area contributed by atoms with E-state index < -0.39 is 17.1 Å². The molecule has 1 aliphatic heterocycles. The summed E-state index contributed by atoms with van der Waals surface area (Å²) < 4.78 is 0. The Labute approximate surface area is 205 Å². The number of hydrogen-bond acceptors (Lipinski definition) is 5. The average Bonchev–Trinajstić information content (AvgIpc) is 3.11. The smallest absolute Gasteiger partial charge is 0.294 e. The summed E-state index contributed by atoms with van der Waals surface area (Å²) in [4.78, 5) is 40.7. The van der Waals surface area contributed by atoms with Gasteiger partial charge in [0.2, 0.25) is 5.91 Å².